The van der Waals surface area contributed by atoms with Crippen LogP contribution in [0.5, 0.6) is 5.75 Å². The average Bonchev–Trinajstić information content (AvgIpc) is 4.12. The van der Waals surface area contributed by atoms with Crippen LogP contribution < -0.4 is 15.4 Å². The van der Waals surface area contributed by atoms with Crippen LogP contribution in [0.1, 0.15) is 89.8 Å². The minimum atomic E-state index is -1.78. The number of hydrogen-bond donors (Lipinski definition) is 4. The summed E-state index contributed by atoms with van der Waals surface area (Å²) in [5.74, 6) is 1.07. The summed E-state index contributed by atoms with van der Waals surface area (Å²) in [6.07, 6.45) is 3.45. The summed E-state index contributed by atoms with van der Waals surface area (Å²) in [4.78, 5) is 68.1. The van der Waals surface area contributed by atoms with Gasteiger partial charge in [0.15, 0.2) is 6.23 Å². The number of nitrogens with one attached hydrogen (secondary N) is 4. The smallest absolute Gasteiger partial charge is 0.407 e. The highest BCUT2D eigenvalue weighted by atomic mass is 28.3. The standard InChI is InChI=1S/C48H62N8O7Si/c1-11-29-20-34(50-43(29)39-24-64(9,10)25-55(39)46(58)42(27(4)5)53-48(60)62-8)31-14-16-33-38-21-32-19-30(15-17-36(32)56(38)28(6)63-40(33)22-31)35-23-49-44(51-35)37-13-12-18-54(37)45(57)41(26(2)3)52-47(59)61-7/h14-17,19-23,26-28,37,39,41-42,50H,11-13,18,24-25H2,1-10H3,(H,49,51)(H,52,59)(H,53,60). The van der Waals surface area contributed by atoms with Gasteiger partial charge in [0.2, 0.25) is 11.8 Å². The maximum atomic E-state index is 14.2. The first-order chi connectivity index (χ1) is 30.5. The monoisotopic (exact) mass is 890 g/mol. The van der Waals surface area contributed by atoms with Gasteiger partial charge in [-0.1, -0.05) is 59.8 Å². The van der Waals surface area contributed by atoms with E-state index in [4.69, 9.17) is 19.2 Å². The van der Waals surface area contributed by atoms with Crippen molar-refractivity contribution in [3.8, 4) is 39.5 Å². The number of ether oxygens (including phenoxy) is 3. The lowest BCUT2D eigenvalue weighted by Gasteiger charge is -2.31. The molecule has 4 N–H and O–H groups in total. The second-order valence-electron chi connectivity index (χ2n) is 19.0. The van der Waals surface area contributed by atoms with Gasteiger partial charge >= 0.3 is 12.2 Å². The molecule has 0 saturated carbocycles. The third-order valence-corrected chi connectivity index (χ3v) is 15.9. The van der Waals surface area contributed by atoms with Gasteiger partial charge in [-0.05, 0) is 86.0 Å². The highest BCUT2D eigenvalue weighted by Crippen LogP contribution is 2.46. The number of imidazole rings is 1. The Morgan fingerprint density at radius 1 is 0.859 bits per heavy atom. The fourth-order valence-electron chi connectivity index (χ4n) is 9.98. The van der Waals surface area contributed by atoms with E-state index in [0.29, 0.717) is 12.7 Å². The summed E-state index contributed by atoms with van der Waals surface area (Å²) in [5, 5.41) is 6.58. The van der Waals surface area contributed by atoms with Crippen molar-refractivity contribution in [3.63, 3.8) is 0 Å². The molecule has 4 amide bonds. The number of aromatic amines is 2. The van der Waals surface area contributed by atoms with Crippen LogP contribution in [0, 0.1) is 11.8 Å². The first kappa shape index (κ1) is 44.6. The molecule has 0 radical (unpaired) electrons. The number of alkyl carbamates (subject to hydrolysis) is 2. The largest absolute Gasteiger partial charge is 0.470 e. The number of carbonyl (C=O) groups excluding carboxylic acids is 4. The van der Waals surface area contributed by atoms with Crippen molar-refractivity contribution in [2.75, 3.05) is 26.9 Å². The maximum Gasteiger partial charge on any atom is 0.407 e. The van der Waals surface area contributed by atoms with Crippen LogP contribution in [0.25, 0.3) is 44.7 Å². The number of likely N-dealkylation sites (tertiary alicyclic amines) is 1. The molecule has 5 aromatic rings. The first-order valence-electron chi connectivity index (χ1n) is 22.6. The highest BCUT2D eigenvalue weighted by Gasteiger charge is 2.46. The van der Waals surface area contributed by atoms with E-state index in [2.05, 4.69) is 101 Å². The fraction of sp³-hybridized carbons (Fsp3) is 0.479. The maximum absolute atomic E-state index is 14.2. The number of aromatic nitrogens is 4. The molecule has 16 heteroatoms. The topological polar surface area (TPSA) is 176 Å². The van der Waals surface area contributed by atoms with Gasteiger partial charge in [0.05, 0.1) is 57.5 Å². The molecule has 0 spiro atoms. The van der Waals surface area contributed by atoms with E-state index in [9.17, 15) is 19.2 Å². The van der Waals surface area contributed by atoms with Crippen LogP contribution >= 0.6 is 0 Å². The van der Waals surface area contributed by atoms with Crippen LogP contribution in [0.3, 0.4) is 0 Å². The van der Waals surface area contributed by atoms with E-state index in [0.717, 1.165) is 87.2 Å². The minimum Gasteiger partial charge on any atom is -0.470 e. The molecule has 6 heterocycles. The molecule has 64 heavy (non-hydrogen) atoms. The van der Waals surface area contributed by atoms with Gasteiger partial charge in [-0.25, -0.2) is 14.6 Å². The van der Waals surface area contributed by atoms with E-state index in [1.807, 2.05) is 43.7 Å². The molecule has 3 aromatic heterocycles. The molecule has 2 fully saturated rings. The number of hydrogen-bond acceptors (Lipinski definition) is 8. The van der Waals surface area contributed by atoms with Crippen molar-refractivity contribution >= 4 is 43.0 Å². The number of amides is 4. The van der Waals surface area contributed by atoms with Gasteiger partial charge in [0.1, 0.15) is 23.7 Å². The lowest BCUT2D eigenvalue weighted by Crippen LogP contribution is -2.52. The van der Waals surface area contributed by atoms with Gasteiger partial charge in [-0.15, -0.1) is 0 Å². The molecule has 8 rings (SSSR count). The van der Waals surface area contributed by atoms with Crippen molar-refractivity contribution in [1.82, 2.24) is 40.0 Å². The number of aryl methyl sites for hydroxylation is 1. The van der Waals surface area contributed by atoms with Crippen LogP contribution in [-0.4, -0.2) is 100 Å². The van der Waals surface area contributed by atoms with Crippen LogP contribution in [0.2, 0.25) is 19.1 Å². The SMILES string of the molecule is CCc1cc(-c2ccc3c(c2)OC(C)n2c-3cc3cc(-c4cnc(C5CCCN5C(=O)C(NC(=O)OC)C(C)C)[nH]4)ccc32)[nH]c1C1C[Si](C)(C)CN1C(=O)C(NC(=O)OC)C(C)C. The van der Waals surface area contributed by atoms with Crippen molar-refractivity contribution in [3.05, 3.63) is 71.8 Å². The lowest BCUT2D eigenvalue weighted by atomic mass is 10.0. The highest BCUT2D eigenvalue weighted by molar-refractivity contribution is 6.78. The molecule has 2 saturated heterocycles. The van der Waals surface area contributed by atoms with Crippen molar-refractivity contribution in [2.24, 2.45) is 11.8 Å². The first-order valence-corrected chi connectivity index (χ1v) is 26.0. The summed E-state index contributed by atoms with van der Waals surface area (Å²) in [6, 6.07) is 16.3. The third kappa shape index (κ3) is 8.27. The van der Waals surface area contributed by atoms with E-state index in [1.165, 1.54) is 19.8 Å². The number of methoxy groups -OCH3 is 2. The molecule has 5 unspecified atom stereocenters. The predicted molar refractivity (Wildman–Crippen MR) is 248 cm³/mol. The molecular formula is C48H62N8O7Si. The molecule has 2 aromatic carbocycles. The number of nitrogens with zero attached hydrogens (tertiary/aromatic N) is 4. The van der Waals surface area contributed by atoms with E-state index < -0.39 is 32.3 Å². The Hall–Kier alpha value is -6.03. The van der Waals surface area contributed by atoms with Crippen molar-refractivity contribution < 1.29 is 33.4 Å². The zero-order valence-electron chi connectivity index (χ0n) is 38.6. The Labute approximate surface area is 375 Å². The fourth-order valence-corrected chi connectivity index (χ4v) is 12.9. The summed E-state index contributed by atoms with van der Waals surface area (Å²) in [7, 11) is 0.830. The Bertz CT molecular complexity index is 2590. The zero-order valence-corrected chi connectivity index (χ0v) is 39.6. The Balaban J connectivity index is 1.05. The van der Waals surface area contributed by atoms with Crippen molar-refractivity contribution in [1.29, 1.82) is 0 Å². The minimum absolute atomic E-state index is 0.0777. The molecule has 3 aliphatic rings. The summed E-state index contributed by atoms with van der Waals surface area (Å²) < 4.78 is 18.6. The van der Waals surface area contributed by atoms with Gasteiger partial charge < -0.3 is 49.2 Å². The molecule has 340 valence electrons. The number of rotatable bonds is 11. The van der Waals surface area contributed by atoms with Gasteiger partial charge in [-0.3, -0.25) is 9.59 Å². The van der Waals surface area contributed by atoms with Gasteiger partial charge in [0.25, 0.3) is 0 Å². The van der Waals surface area contributed by atoms with E-state index in [1.54, 1.807) is 0 Å². The normalized spacial score (nSPS) is 19.9. The molecule has 3 aliphatic heterocycles. The lowest BCUT2D eigenvalue weighted by molar-refractivity contribution is -0.136. The molecule has 5 atom stereocenters. The average molecular weight is 891 g/mol. The Morgan fingerprint density at radius 2 is 1.52 bits per heavy atom. The summed E-state index contributed by atoms with van der Waals surface area (Å²) >= 11 is 0. The number of H-pyrrole nitrogens is 2. The second kappa shape index (κ2) is 17.5. The second-order valence-corrected chi connectivity index (χ2v) is 24.1. The van der Waals surface area contributed by atoms with Crippen LogP contribution in [0.4, 0.5) is 9.59 Å². The van der Waals surface area contributed by atoms with Crippen LogP contribution in [0.15, 0.2) is 54.7 Å². The predicted octanol–water partition coefficient (Wildman–Crippen LogP) is 8.72. The third-order valence-electron chi connectivity index (χ3n) is 13.3. The molecule has 15 nitrogen and oxygen atoms in total. The number of carbonyl (C=O) groups is 4. The molecule has 0 bridgehead atoms. The summed E-state index contributed by atoms with van der Waals surface area (Å²) in [5.41, 5.74) is 9.13. The van der Waals surface area contributed by atoms with Gasteiger partial charge in [0, 0.05) is 46.2 Å². The molecular weight excluding hydrogens is 829 g/mol. The van der Waals surface area contributed by atoms with Gasteiger partial charge in [-0.2, -0.15) is 0 Å². The quantitative estimate of drug-likeness (QED) is 0.0953. The van der Waals surface area contributed by atoms with E-state index >= 15 is 0 Å². The Morgan fingerprint density at radius 3 is 2.17 bits per heavy atom. The number of benzene rings is 2. The van der Waals surface area contributed by atoms with Crippen molar-refractivity contribution in [2.45, 2.75) is 110 Å². The Kier molecular flexibility index (Phi) is 12.2. The zero-order chi connectivity index (χ0) is 45.8. The summed E-state index contributed by atoms with van der Waals surface area (Å²) in [6.45, 7) is 17.1. The number of fused-ring (bicyclic) bond motifs is 5. The molecule has 0 aliphatic carbocycles. The van der Waals surface area contributed by atoms with E-state index in [-0.39, 0.29) is 42.0 Å². The van der Waals surface area contributed by atoms with Crippen LogP contribution in [-0.2, 0) is 25.5 Å².